The van der Waals surface area contributed by atoms with Crippen LogP contribution in [0.25, 0.3) is 0 Å². The highest BCUT2D eigenvalue weighted by Crippen LogP contribution is 2.17. The number of para-hydroxylation sites is 1. The summed E-state index contributed by atoms with van der Waals surface area (Å²) in [4.78, 5) is 30.8. The van der Waals surface area contributed by atoms with Gasteiger partial charge in [-0.1, -0.05) is 68.8 Å². The summed E-state index contributed by atoms with van der Waals surface area (Å²) in [6, 6.07) is 19.3. The molecular formula is C26H30FN3O2S. The van der Waals surface area contributed by atoms with Crippen molar-refractivity contribution in [1.29, 1.82) is 0 Å². The summed E-state index contributed by atoms with van der Waals surface area (Å²) in [6.45, 7) is 5.31. The summed E-state index contributed by atoms with van der Waals surface area (Å²) in [5, 5.41) is 4.61. The minimum Gasteiger partial charge on any atom is -0.332 e. The Labute approximate surface area is 198 Å². The number of benzene rings is 2. The van der Waals surface area contributed by atoms with Crippen molar-refractivity contribution in [2.45, 2.75) is 33.4 Å². The van der Waals surface area contributed by atoms with Crippen molar-refractivity contribution in [3.63, 3.8) is 0 Å². The van der Waals surface area contributed by atoms with E-state index in [1.54, 1.807) is 28.4 Å². The molecule has 0 aliphatic heterocycles. The maximum absolute atomic E-state index is 14.1. The van der Waals surface area contributed by atoms with Crippen molar-refractivity contribution >= 4 is 29.0 Å². The van der Waals surface area contributed by atoms with E-state index in [1.165, 1.54) is 17.0 Å². The standard InChI is InChI=1S/C26H30FN3O2S/c1-3-20(2)16-30(26(32)28-24-14-8-7-13-23(24)27)19-25(31)29(18-22-12-9-15-33-22)17-21-10-5-4-6-11-21/h4-15,20H,3,16-19H2,1-2H3,(H,28,32). The Hall–Kier alpha value is -3.19. The van der Waals surface area contributed by atoms with Crippen molar-refractivity contribution in [1.82, 2.24) is 9.80 Å². The highest BCUT2D eigenvalue weighted by atomic mass is 32.1. The van der Waals surface area contributed by atoms with Gasteiger partial charge in [-0.3, -0.25) is 4.79 Å². The van der Waals surface area contributed by atoms with E-state index in [4.69, 9.17) is 0 Å². The van der Waals surface area contributed by atoms with Gasteiger partial charge in [0.1, 0.15) is 12.4 Å². The SMILES string of the molecule is CCC(C)CN(CC(=O)N(Cc1ccccc1)Cc1cccs1)C(=O)Nc1ccccc1F. The van der Waals surface area contributed by atoms with Crippen molar-refractivity contribution in [2.24, 2.45) is 5.92 Å². The molecule has 0 saturated carbocycles. The molecule has 1 aromatic heterocycles. The third-order valence-corrected chi connectivity index (χ3v) is 6.31. The van der Waals surface area contributed by atoms with Crippen LogP contribution in [0.2, 0.25) is 0 Å². The molecule has 1 unspecified atom stereocenters. The van der Waals surface area contributed by atoms with Gasteiger partial charge >= 0.3 is 6.03 Å². The quantitative estimate of drug-likeness (QED) is 0.398. The maximum Gasteiger partial charge on any atom is 0.322 e. The van der Waals surface area contributed by atoms with Crippen molar-refractivity contribution in [2.75, 3.05) is 18.4 Å². The number of halogens is 1. The average Bonchev–Trinajstić information content (AvgIpc) is 3.33. The summed E-state index contributed by atoms with van der Waals surface area (Å²) < 4.78 is 14.1. The lowest BCUT2D eigenvalue weighted by molar-refractivity contribution is -0.133. The van der Waals surface area contributed by atoms with Gasteiger partial charge in [-0.25, -0.2) is 9.18 Å². The van der Waals surface area contributed by atoms with E-state index in [0.717, 1.165) is 16.9 Å². The van der Waals surface area contributed by atoms with Gasteiger partial charge in [0.15, 0.2) is 0 Å². The minimum absolute atomic E-state index is 0.0805. The zero-order valence-corrected chi connectivity index (χ0v) is 19.9. The molecular weight excluding hydrogens is 437 g/mol. The fourth-order valence-electron chi connectivity index (χ4n) is 3.37. The molecule has 7 heteroatoms. The lowest BCUT2D eigenvalue weighted by Gasteiger charge is -2.29. The largest absolute Gasteiger partial charge is 0.332 e. The highest BCUT2D eigenvalue weighted by Gasteiger charge is 2.24. The van der Waals surface area contributed by atoms with Gasteiger partial charge in [-0.15, -0.1) is 11.3 Å². The zero-order chi connectivity index (χ0) is 23.6. The number of amides is 3. The Kier molecular flexibility index (Phi) is 9.01. The van der Waals surface area contributed by atoms with Gasteiger partial charge in [0.05, 0.1) is 12.2 Å². The summed E-state index contributed by atoms with van der Waals surface area (Å²) in [6.07, 6.45) is 0.862. The van der Waals surface area contributed by atoms with Crippen LogP contribution < -0.4 is 5.32 Å². The lowest BCUT2D eigenvalue weighted by Crippen LogP contribution is -2.45. The molecule has 0 aliphatic rings. The molecule has 3 rings (SSSR count). The summed E-state index contributed by atoms with van der Waals surface area (Å²) in [5.74, 6) is -0.465. The number of carbonyl (C=O) groups is 2. The average molecular weight is 468 g/mol. The second kappa shape index (κ2) is 12.2. The Bertz CT molecular complexity index is 1030. The van der Waals surface area contributed by atoms with E-state index < -0.39 is 11.8 Å². The third kappa shape index (κ3) is 7.43. The number of rotatable bonds is 10. The molecule has 0 saturated heterocycles. The zero-order valence-electron chi connectivity index (χ0n) is 19.0. The normalized spacial score (nSPS) is 11.6. The number of hydrogen-bond donors (Lipinski definition) is 1. The predicted octanol–water partition coefficient (Wildman–Crippen LogP) is 6.00. The van der Waals surface area contributed by atoms with Gasteiger partial charge in [0.25, 0.3) is 0 Å². The smallest absolute Gasteiger partial charge is 0.322 e. The summed E-state index contributed by atoms with van der Waals surface area (Å²) in [7, 11) is 0. The molecule has 0 radical (unpaired) electrons. The first-order valence-electron chi connectivity index (χ1n) is 11.1. The number of anilines is 1. The minimum atomic E-state index is -0.510. The molecule has 1 N–H and O–H groups in total. The van der Waals surface area contributed by atoms with Crippen LogP contribution in [0, 0.1) is 11.7 Å². The van der Waals surface area contributed by atoms with Crippen molar-refractivity contribution in [3.8, 4) is 0 Å². The second-order valence-corrected chi connectivity index (χ2v) is 9.15. The Morgan fingerprint density at radius 2 is 1.70 bits per heavy atom. The van der Waals surface area contributed by atoms with Crippen LogP contribution in [-0.4, -0.2) is 34.8 Å². The van der Waals surface area contributed by atoms with Gasteiger partial charge in [0.2, 0.25) is 5.91 Å². The Balaban J connectivity index is 1.77. The molecule has 174 valence electrons. The predicted molar refractivity (Wildman–Crippen MR) is 131 cm³/mol. The van der Waals surface area contributed by atoms with Crippen LogP contribution in [0.5, 0.6) is 0 Å². The lowest BCUT2D eigenvalue weighted by atomic mass is 10.1. The molecule has 0 fully saturated rings. The monoisotopic (exact) mass is 467 g/mol. The van der Waals surface area contributed by atoms with Crippen molar-refractivity contribution in [3.05, 3.63) is 88.4 Å². The molecule has 5 nitrogen and oxygen atoms in total. The number of urea groups is 1. The second-order valence-electron chi connectivity index (χ2n) is 8.12. The van der Waals surface area contributed by atoms with E-state index in [2.05, 4.69) is 5.32 Å². The molecule has 1 atom stereocenters. The van der Waals surface area contributed by atoms with E-state index >= 15 is 0 Å². The van der Waals surface area contributed by atoms with E-state index in [0.29, 0.717) is 19.6 Å². The first-order valence-corrected chi connectivity index (χ1v) is 12.0. The van der Waals surface area contributed by atoms with Crippen LogP contribution in [0.4, 0.5) is 14.9 Å². The molecule has 33 heavy (non-hydrogen) atoms. The summed E-state index contributed by atoms with van der Waals surface area (Å²) >= 11 is 1.59. The van der Waals surface area contributed by atoms with E-state index in [9.17, 15) is 14.0 Å². The number of carbonyl (C=O) groups excluding carboxylic acids is 2. The molecule has 3 aromatic rings. The van der Waals surface area contributed by atoms with Crippen LogP contribution in [0.3, 0.4) is 0 Å². The number of hydrogen-bond acceptors (Lipinski definition) is 3. The topological polar surface area (TPSA) is 52.7 Å². The maximum atomic E-state index is 14.1. The highest BCUT2D eigenvalue weighted by molar-refractivity contribution is 7.09. The van der Waals surface area contributed by atoms with Gasteiger partial charge in [0, 0.05) is 18.0 Å². The Morgan fingerprint density at radius 1 is 0.970 bits per heavy atom. The fraction of sp³-hybridized carbons (Fsp3) is 0.308. The molecule has 2 aromatic carbocycles. The summed E-state index contributed by atoms with van der Waals surface area (Å²) in [5.41, 5.74) is 1.12. The third-order valence-electron chi connectivity index (χ3n) is 5.45. The van der Waals surface area contributed by atoms with Gasteiger partial charge < -0.3 is 15.1 Å². The van der Waals surface area contributed by atoms with Crippen LogP contribution >= 0.6 is 11.3 Å². The van der Waals surface area contributed by atoms with Crippen LogP contribution in [0.15, 0.2) is 72.1 Å². The number of thiophene rings is 1. The van der Waals surface area contributed by atoms with Crippen LogP contribution in [-0.2, 0) is 17.9 Å². The fourth-order valence-corrected chi connectivity index (χ4v) is 4.09. The number of nitrogens with one attached hydrogen (secondary N) is 1. The molecule has 3 amide bonds. The molecule has 0 bridgehead atoms. The van der Waals surface area contributed by atoms with E-state index in [1.807, 2.05) is 61.7 Å². The number of nitrogens with zero attached hydrogens (tertiary/aromatic N) is 2. The van der Waals surface area contributed by atoms with Gasteiger partial charge in [-0.2, -0.15) is 0 Å². The molecule has 0 aliphatic carbocycles. The first kappa shape index (κ1) is 24.5. The van der Waals surface area contributed by atoms with Gasteiger partial charge in [-0.05, 0) is 35.1 Å². The van der Waals surface area contributed by atoms with Crippen LogP contribution in [0.1, 0.15) is 30.7 Å². The van der Waals surface area contributed by atoms with Crippen molar-refractivity contribution < 1.29 is 14.0 Å². The molecule has 1 heterocycles. The Morgan fingerprint density at radius 3 is 2.36 bits per heavy atom. The van der Waals surface area contributed by atoms with E-state index in [-0.39, 0.29) is 24.1 Å². The first-order chi connectivity index (χ1) is 16.0. The molecule has 0 spiro atoms.